The number of anilines is 1. The van der Waals surface area contributed by atoms with Crippen molar-refractivity contribution in [3.8, 4) is 0 Å². The summed E-state index contributed by atoms with van der Waals surface area (Å²) in [5.74, 6) is -1.88. The summed E-state index contributed by atoms with van der Waals surface area (Å²) in [5, 5.41) is 22.0. The van der Waals surface area contributed by atoms with Crippen molar-refractivity contribution in [1.29, 1.82) is 0 Å². The summed E-state index contributed by atoms with van der Waals surface area (Å²) in [6.07, 6.45) is 0. The van der Waals surface area contributed by atoms with Gasteiger partial charge in [-0.05, 0) is 42.3 Å². The Morgan fingerprint density at radius 1 is 0.968 bits per heavy atom. The maximum absolute atomic E-state index is 13.0. The molecule has 0 spiro atoms. The molecule has 7 nitrogen and oxygen atoms in total. The molecule has 1 saturated heterocycles. The van der Waals surface area contributed by atoms with Gasteiger partial charge in [-0.1, -0.05) is 42.5 Å². The van der Waals surface area contributed by atoms with Crippen molar-refractivity contribution in [1.82, 2.24) is 0 Å². The Labute approximate surface area is 178 Å². The third-order valence-corrected chi connectivity index (χ3v) is 5.19. The summed E-state index contributed by atoms with van der Waals surface area (Å²) < 4.78 is 0. The van der Waals surface area contributed by atoms with E-state index in [1.807, 2.05) is 13.0 Å². The van der Waals surface area contributed by atoms with E-state index in [9.17, 15) is 24.8 Å². The van der Waals surface area contributed by atoms with Crippen LogP contribution in [0.15, 0.2) is 84.4 Å². The molecule has 0 saturated carbocycles. The SMILES string of the molecule is Cc1cccc(N2C(=O)C(=O)/C(=C(/O)c3ccccc3)[C@@H]2c2ccc([N+](=O)[O-])cc2)c1. The Balaban J connectivity index is 1.94. The van der Waals surface area contributed by atoms with Gasteiger partial charge in [0.25, 0.3) is 17.4 Å². The molecule has 0 unspecified atom stereocenters. The van der Waals surface area contributed by atoms with Crippen molar-refractivity contribution >= 4 is 28.8 Å². The molecule has 1 heterocycles. The number of ketones is 1. The molecule has 1 fully saturated rings. The normalized spacial score (nSPS) is 17.7. The Morgan fingerprint density at radius 2 is 1.65 bits per heavy atom. The molecule has 0 bridgehead atoms. The van der Waals surface area contributed by atoms with E-state index in [1.54, 1.807) is 48.5 Å². The van der Waals surface area contributed by atoms with Crippen molar-refractivity contribution in [2.24, 2.45) is 0 Å². The number of nitro groups is 1. The van der Waals surface area contributed by atoms with Crippen LogP contribution in [-0.4, -0.2) is 21.7 Å². The van der Waals surface area contributed by atoms with E-state index in [0.717, 1.165) is 5.56 Å². The molecule has 1 N–H and O–H groups in total. The van der Waals surface area contributed by atoms with Crippen LogP contribution in [0.4, 0.5) is 11.4 Å². The molecule has 1 amide bonds. The average molecular weight is 414 g/mol. The molecule has 0 aliphatic carbocycles. The van der Waals surface area contributed by atoms with E-state index in [4.69, 9.17) is 0 Å². The zero-order valence-corrected chi connectivity index (χ0v) is 16.6. The van der Waals surface area contributed by atoms with Gasteiger partial charge in [-0.15, -0.1) is 0 Å². The number of amides is 1. The number of carbonyl (C=O) groups excluding carboxylic acids is 2. The molecule has 1 atom stereocenters. The zero-order valence-electron chi connectivity index (χ0n) is 16.6. The molecule has 31 heavy (non-hydrogen) atoms. The lowest BCUT2D eigenvalue weighted by Gasteiger charge is -2.25. The predicted octanol–water partition coefficient (Wildman–Crippen LogP) is 4.53. The van der Waals surface area contributed by atoms with Gasteiger partial charge < -0.3 is 5.11 Å². The van der Waals surface area contributed by atoms with Gasteiger partial charge >= 0.3 is 0 Å². The van der Waals surface area contributed by atoms with Crippen LogP contribution in [0.2, 0.25) is 0 Å². The van der Waals surface area contributed by atoms with Crippen LogP contribution >= 0.6 is 0 Å². The topological polar surface area (TPSA) is 101 Å². The smallest absolute Gasteiger partial charge is 0.300 e. The van der Waals surface area contributed by atoms with E-state index >= 15 is 0 Å². The highest BCUT2D eigenvalue weighted by Crippen LogP contribution is 2.42. The number of benzene rings is 3. The van der Waals surface area contributed by atoms with Crippen LogP contribution in [0.25, 0.3) is 5.76 Å². The van der Waals surface area contributed by atoms with Crippen LogP contribution in [0, 0.1) is 17.0 Å². The molecule has 1 aliphatic heterocycles. The summed E-state index contributed by atoms with van der Waals surface area (Å²) in [6, 6.07) is 20.3. The van der Waals surface area contributed by atoms with Crippen molar-refractivity contribution in [3.05, 3.63) is 111 Å². The first kappa shape index (κ1) is 20.0. The lowest BCUT2D eigenvalue weighted by atomic mass is 9.95. The van der Waals surface area contributed by atoms with Gasteiger partial charge in [0.05, 0.1) is 16.5 Å². The lowest BCUT2D eigenvalue weighted by Crippen LogP contribution is -2.29. The molecule has 1 aliphatic rings. The van der Waals surface area contributed by atoms with E-state index in [2.05, 4.69) is 0 Å². The highest BCUT2D eigenvalue weighted by molar-refractivity contribution is 6.51. The first-order valence-electron chi connectivity index (χ1n) is 9.56. The summed E-state index contributed by atoms with van der Waals surface area (Å²) in [5.41, 5.74) is 2.09. The first-order valence-corrected chi connectivity index (χ1v) is 9.56. The van der Waals surface area contributed by atoms with E-state index in [-0.39, 0.29) is 17.0 Å². The number of rotatable bonds is 4. The maximum atomic E-state index is 13.0. The van der Waals surface area contributed by atoms with Crippen LogP contribution in [0.3, 0.4) is 0 Å². The number of nitrogens with zero attached hydrogens (tertiary/aromatic N) is 2. The van der Waals surface area contributed by atoms with Crippen molar-refractivity contribution in [2.45, 2.75) is 13.0 Å². The van der Waals surface area contributed by atoms with Crippen molar-refractivity contribution in [3.63, 3.8) is 0 Å². The Morgan fingerprint density at radius 3 is 2.26 bits per heavy atom. The number of hydrogen-bond acceptors (Lipinski definition) is 5. The van der Waals surface area contributed by atoms with Gasteiger partial charge in [0.2, 0.25) is 0 Å². The minimum atomic E-state index is -0.928. The quantitative estimate of drug-likeness (QED) is 0.222. The summed E-state index contributed by atoms with van der Waals surface area (Å²) >= 11 is 0. The van der Waals surface area contributed by atoms with Gasteiger partial charge in [0, 0.05) is 23.4 Å². The van der Waals surface area contributed by atoms with Crippen LogP contribution in [0.5, 0.6) is 0 Å². The summed E-state index contributed by atoms with van der Waals surface area (Å²) in [7, 11) is 0. The number of Topliss-reactive ketones (excluding diaryl/α,β-unsaturated/α-hetero) is 1. The van der Waals surface area contributed by atoms with E-state index in [1.165, 1.54) is 29.2 Å². The van der Waals surface area contributed by atoms with Gasteiger partial charge in [-0.2, -0.15) is 0 Å². The third kappa shape index (κ3) is 3.57. The molecule has 0 aromatic heterocycles. The standard InChI is InChI=1S/C24H18N2O5/c1-15-6-5-9-19(14-15)25-21(16-10-12-18(13-11-16)26(30)31)20(23(28)24(25)29)22(27)17-7-3-2-4-8-17/h2-14,21,27H,1H3/b22-20+/t21-/m0/s1. The average Bonchev–Trinajstić information content (AvgIpc) is 3.04. The Kier molecular flexibility index (Phi) is 5.09. The number of aryl methyl sites for hydroxylation is 1. The van der Waals surface area contributed by atoms with Crippen molar-refractivity contribution in [2.75, 3.05) is 4.90 Å². The maximum Gasteiger partial charge on any atom is 0.300 e. The predicted molar refractivity (Wildman–Crippen MR) is 116 cm³/mol. The molecular weight excluding hydrogens is 396 g/mol. The molecule has 7 heteroatoms. The second kappa shape index (κ2) is 7.87. The van der Waals surface area contributed by atoms with E-state index < -0.39 is 22.7 Å². The fourth-order valence-electron chi connectivity index (χ4n) is 3.72. The zero-order chi connectivity index (χ0) is 22.1. The van der Waals surface area contributed by atoms with Gasteiger partial charge in [-0.25, -0.2) is 0 Å². The van der Waals surface area contributed by atoms with E-state index in [0.29, 0.717) is 16.8 Å². The van der Waals surface area contributed by atoms with Crippen LogP contribution in [0.1, 0.15) is 22.7 Å². The van der Waals surface area contributed by atoms with Gasteiger partial charge in [-0.3, -0.25) is 24.6 Å². The molecule has 3 aromatic rings. The van der Waals surface area contributed by atoms with Crippen LogP contribution < -0.4 is 4.90 Å². The minimum Gasteiger partial charge on any atom is -0.507 e. The Hall–Kier alpha value is -4.26. The molecular formula is C24H18N2O5. The van der Waals surface area contributed by atoms with Gasteiger partial charge in [0.15, 0.2) is 0 Å². The number of carbonyl (C=O) groups is 2. The Bertz CT molecular complexity index is 1220. The third-order valence-electron chi connectivity index (χ3n) is 5.19. The number of aliphatic hydroxyl groups is 1. The molecule has 154 valence electrons. The largest absolute Gasteiger partial charge is 0.507 e. The lowest BCUT2D eigenvalue weighted by molar-refractivity contribution is -0.384. The number of nitro benzene ring substituents is 1. The second-order valence-electron chi connectivity index (χ2n) is 7.22. The summed E-state index contributed by atoms with van der Waals surface area (Å²) in [4.78, 5) is 37.9. The summed E-state index contributed by atoms with van der Waals surface area (Å²) in [6.45, 7) is 1.87. The molecule has 4 rings (SSSR count). The van der Waals surface area contributed by atoms with Crippen molar-refractivity contribution < 1.29 is 19.6 Å². The highest BCUT2D eigenvalue weighted by Gasteiger charge is 2.47. The fourth-order valence-corrected chi connectivity index (χ4v) is 3.72. The number of non-ortho nitro benzene ring substituents is 1. The molecule has 0 radical (unpaired) electrons. The number of aliphatic hydroxyl groups excluding tert-OH is 1. The fraction of sp³-hybridized carbons (Fsp3) is 0.0833. The van der Waals surface area contributed by atoms with Crippen LogP contribution in [-0.2, 0) is 9.59 Å². The number of hydrogen-bond donors (Lipinski definition) is 1. The second-order valence-corrected chi connectivity index (χ2v) is 7.22. The first-order chi connectivity index (χ1) is 14.9. The highest BCUT2D eigenvalue weighted by atomic mass is 16.6. The van der Waals surface area contributed by atoms with Gasteiger partial charge in [0.1, 0.15) is 5.76 Å². The minimum absolute atomic E-state index is 0.0634. The monoisotopic (exact) mass is 414 g/mol. The molecule has 3 aromatic carbocycles.